The highest BCUT2D eigenvalue weighted by molar-refractivity contribution is 5.64. The van der Waals surface area contributed by atoms with E-state index in [0.29, 0.717) is 12.1 Å². The second kappa shape index (κ2) is 4.90. The zero-order chi connectivity index (χ0) is 13.3. The van der Waals surface area contributed by atoms with Crippen LogP contribution in [0.2, 0.25) is 0 Å². The lowest BCUT2D eigenvalue weighted by molar-refractivity contribution is 0.618. The highest BCUT2D eigenvalue weighted by Gasteiger charge is 2.14. The van der Waals surface area contributed by atoms with Crippen LogP contribution >= 0.6 is 0 Å². The molecule has 0 saturated heterocycles. The summed E-state index contributed by atoms with van der Waals surface area (Å²) >= 11 is 0. The molecule has 1 aromatic carbocycles. The zero-order valence-corrected chi connectivity index (χ0v) is 11.2. The van der Waals surface area contributed by atoms with Gasteiger partial charge >= 0.3 is 0 Å². The largest absolute Gasteiger partial charge is 0.331 e. The van der Waals surface area contributed by atoms with Gasteiger partial charge in [0.15, 0.2) is 0 Å². The second-order valence-corrected chi connectivity index (χ2v) is 4.51. The van der Waals surface area contributed by atoms with Gasteiger partial charge in [-0.25, -0.2) is 9.37 Å². The van der Waals surface area contributed by atoms with Crippen LogP contribution in [0, 0.1) is 19.7 Å². The van der Waals surface area contributed by atoms with Gasteiger partial charge in [0, 0.05) is 19.2 Å². The Balaban J connectivity index is 2.58. The fourth-order valence-electron chi connectivity index (χ4n) is 2.12. The van der Waals surface area contributed by atoms with Gasteiger partial charge in [0.05, 0.1) is 11.4 Å². The Morgan fingerprint density at radius 1 is 1.33 bits per heavy atom. The van der Waals surface area contributed by atoms with Crippen molar-refractivity contribution in [3.05, 3.63) is 41.1 Å². The molecule has 2 rings (SSSR count). The lowest BCUT2D eigenvalue weighted by Gasteiger charge is -2.08. The number of nitrogens with zero attached hydrogens (tertiary/aromatic N) is 2. The molecule has 3 nitrogen and oxygen atoms in total. The molecule has 96 valence electrons. The molecular weight excluding hydrogens is 229 g/mol. The van der Waals surface area contributed by atoms with E-state index in [0.717, 1.165) is 22.8 Å². The van der Waals surface area contributed by atoms with Gasteiger partial charge in [-0.05, 0) is 44.7 Å². The minimum Gasteiger partial charge on any atom is -0.331 e. The summed E-state index contributed by atoms with van der Waals surface area (Å²) in [5, 5.41) is 3.11. The number of hydrogen-bond acceptors (Lipinski definition) is 2. The Kier molecular flexibility index (Phi) is 3.48. The zero-order valence-electron chi connectivity index (χ0n) is 11.2. The predicted octanol–water partition coefficient (Wildman–Crippen LogP) is 2.56. The van der Waals surface area contributed by atoms with Gasteiger partial charge in [-0.2, -0.15) is 0 Å². The van der Waals surface area contributed by atoms with E-state index in [1.165, 1.54) is 6.07 Å². The van der Waals surface area contributed by atoms with Crippen molar-refractivity contribution in [2.45, 2.75) is 20.4 Å². The van der Waals surface area contributed by atoms with Gasteiger partial charge in [0.1, 0.15) is 11.6 Å². The molecule has 0 radical (unpaired) electrons. The van der Waals surface area contributed by atoms with E-state index in [1.807, 2.05) is 31.7 Å². The molecule has 0 fully saturated rings. The Labute approximate surface area is 107 Å². The van der Waals surface area contributed by atoms with Gasteiger partial charge < -0.3 is 9.88 Å². The molecule has 0 atom stereocenters. The smallest absolute Gasteiger partial charge is 0.126 e. The third kappa shape index (κ3) is 2.16. The maximum atomic E-state index is 13.3. The summed E-state index contributed by atoms with van der Waals surface area (Å²) in [6, 6.07) is 5.18. The summed E-state index contributed by atoms with van der Waals surface area (Å²) in [5.74, 6) is 0.782. The third-order valence-corrected chi connectivity index (χ3v) is 3.17. The van der Waals surface area contributed by atoms with Crippen molar-refractivity contribution >= 4 is 0 Å². The fourth-order valence-corrected chi connectivity index (χ4v) is 2.12. The van der Waals surface area contributed by atoms with E-state index in [9.17, 15) is 4.39 Å². The highest BCUT2D eigenvalue weighted by atomic mass is 19.1. The van der Waals surface area contributed by atoms with Crippen molar-refractivity contribution < 1.29 is 4.39 Å². The molecule has 2 aromatic rings. The first-order valence-electron chi connectivity index (χ1n) is 5.98. The van der Waals surface area contributed by atoms with Crippen LogP contribution in [0.25, 0.3) is 11.3 Å². The standard InChI is InChI=1S/C14H18FN3/c1-9-7-11(5-6-12(9)15)14-13(8-16-3)17-10(2)18(14)4/h5-7,16H,8H2,1-4H3. The number of nitrogens with one attached hydrogen (secondary N) is 1. The van der Waals surface area contributed by atoms with E-state index in [1.54, 1.807) is 13.0 Å². The molecule has 1 aromatic heterocycles. The summed E-state index contributed by atoms with van der Waals surface area (Å²) in [5.41, 5.74) is 3.69. The van der Waals surface area contributed by atoms with Gasteiger partial charge in [0.25, 0.3) is 0 Å². The lowest BCUT2D eigenvalue weighted by atomic mass is 10.1. The molecule has 0 aliphatic heterocycles. The van der Waals surface area contributed by atoms with Crippen LogP contribution in [0.5, 0.6) is 0 Å². The third-order valence-electron chi connectivity index (χ3n) is 3.17. The molecule has 0 bridgehead atoms. The summed E-state index contributed by atoms with van der Waals surface area (Å²) in [7, 11) is 3.87. The number of aryl methyl sites for hydroxylation is 2. The van der Waals surface area contributed by atoms with Crippen molar-refractivity contribution in [3.8, 4) is 11.3 Å². The summed E-state index contributed by atoms with van der Waals surface area (Å²) in [6.45, 7) is 4.45. The average molecular weight is 247 g/mol. The predicted molar refractivity (Wildman–Crippen MR) is 70.8 cm³/mol. The topological polar surface area (TPSA) is 29.9 Å². The molecule has 4 heteroatoms. The average Bonchev–Trinajstić information content (AvgIpc) is 2.60. The summed E-state index contributed by atoms with van der Waals surface area (Å²) in [4.78, 5) is 4.54. The molecule has 0 unspecified atom stereocenters. The van der Waals surface area contributed by atoms with Crippen molar-refractivity contribution in [1.82, 2.24) is 14.9 Å². The number of hydrogen-bond donors (Lipinski definition) is 1. The van der Waals surface area contributed by atoms with E-state index in [2.05, 4.69) is 10.3 Å². The first-order valence-corrected chi connectivity index (χ1v) is 5.98. The van der Waals surface area contributed by atoms with Crippen LogP contribution in [-0.4, -0.2) is 16.6 Å². The van der Waals surface area contributed by atoms with Crippen LogP contribution in [0.15, 0.2) is 18.2 Å². The van der Waals surface area contributed by atoms with Crippen molar-refractivity contribution in [2.24, 2.45) is 7.05 Å². The number of rotatable bonds is 3. The van der Waals surface area contributed by atoms with Gasteiger partial charge in [-0.15, -0.1) is 0 Å². The Morgan fingerprint density at radius 3 is 2.67 bits per heavy atom. The first-order chi connectivity index (χ1) is 8.54. The minimum atomic E-state index is -0.173. The summed E-state index contributed by atoms with van der Waals surface area (Å²) in [6.07, 6.45) is 0. The quantitative estimate of drug-likeness (QED) is 0.903. The molecule has 0 saturated carbocycles. The summed E-state index contributed by atoms with van der Waals surface area (Å²) < 4.78 is 15.4. The first kappa shape index (κ1) is 12.8. The van der Waals surface area contributed by atoms with E-state index in [4.69, 9.17) is 0 Å². The molecule has 0 aliphatic carbocycles. The molecule has 18 heavy (non-hydrogen) atoms. The van der Waals surface area contributed by atoms with Gasteiger partial charge in [-0.3, -0.25) is 0 Å². The molecular formula is C14H18FN3. The van der Waals surface area contributed by atoms with Crippen molar-refractivity contribution in [3.63, 3.8) is 0 Å². The number of aromatic nitrogens is 2. The normalized spacial score (nSPS) is 10.9. The lowest BCUT2D eigenvalue weighted by Crippen LogP contribution is -2.07. The Bertz CT molecular complexity index is 573. The minimum absolute atomic E-state index is 0.173. The van der Waals surface area contributed by atoms with Gasteiger partial charge in [0.2, 0.25) is 0 Å². The Morgan fingerprint density at radius 2 is 2.06 bits per heavy atom. The van der Waals surface area contributed by atoms with Crippen molar-refractivity contribution in [2.75, 3.05) is 7.05 Å². The molecule has 1 N–H and O–H groups in total. The molecule has 1 heterocycles. The maximum Gasteiger partial charge on any atom is 0.126 e. The van der Waals surface area contributed by atoms with E-state index < -0.39 is 0 Å². The monoisotopic (exact) mass is 247 g/mol. The van der Waals surface area contributed by atoms with Gasteiger partial charge in [-0.1, -0.05) is 0 Å². The van der Waals surface area contributed by atoms with E-state index >= 15 is 0 Å². The van der Waals surface area contributed by atoms with Crippen LogP contribution in [0.4, 0.5) is 4.39 Å². The fraction of sp³-hybridized carbons (Fsp3) is 0.357. The maximum absolute atomic E-state index is 13.3. The van der Waals surface area contributed by atoms with Crippen molar-refractivity contribution in [1.29, 1.82) is 0 Å². The number of benzene rings is 1. The van der Waals surface area contributed by atoms with Crippen LogP contribution < -0.4 is 5.32 Å². The Hall–Kier alpha value is -1.68. The van der Waals surface area contributed by atoms with Crippen LogP contribution in [-0.2, 0) is 13.6 Å². The second-order valence-electron chi connectivity index (χ2n) is 4.51. The number of halogens is 1. The number of imidazole rings is 1. The molecule has 0 amide bonds. The SMILES string of the molecule is CNCc1nc(C)n(C)c1-c1ccc(F)c(C)c1. The van der Waals surface area contributed by atoms with E-state index in [-0.39, 0.29) is 5.82 Å². The van der Waals surface area contributed by atoms with Crippen LogP contribution in [0.1, 0.15) is 17.1 Å². The molecule has 0 spiro atoms. The highest BCUT2D eigenvalue weighted by Crippen LogP contribution is 2.26. The molecule has 0 aliphatic rings. The van der Waals surface area contributed by atoms with Crippen LogP contribution in [0.3, 0.4) is 0 Å².